The van der Waals surface area contributed by atoms with Crippen LogP contribution in [0, 0.1) is 10.1 Å². The van der Waals surface area contributed by atoms with Crippen molar-refractivity contribution in [2.24, 2.45) is 0 Å². The molecule has 0 saturated carbocycles. The van der Waals surface area contributed by atoms with Gasteiger partial charge in [0, 0.05) is 28.8 Å². The third kappa shape index (κ3) is 2.97. The van der Waals surface area contributed by atoms with E-state index in [4.69, 9.17) is 21.1 Å². The molecule has 2 saturated heterocycles. The molecule has 172 valence electrons. The number of ether oxygens (including phenoxy) is 2. The minimum absolute atomic E-state index is 0.182. The van der Waals surface area contributed by atoms with Crippen molar-refractivity contribution in [1.82, 2.24) is 4.90 Å². The van der Waals surface area contributed by atoms with Crippen molar-refractivity contribution in [1.29, 1.82) is 0 Å². The number of nitrogens with one attached hydrogen (secondary N) is 1. The number of halogens is 1. The maximum atomic E-state index is 13.5. The van der Waals surface area contributed by atoms with Gasteiger partial charge in [0.15, 0.2) is 17.0 Å². The summed E-state index contributed by atoms with van der Waals surface area (Å²) < 4.78 is 11.2. The van der Waals surface area contributed by atoms with E-state index in [1.807, 2.05) is 23.1 Å². The Balaban J connectivity index is 1.70. The molecular formula is C24H24ClN3O5. The number of methoxy groups -OCH3 is 1. The van der Waals surface area contributed by atoms with Gasteiger partial charge < -0.3 is 14.8 Å². The largest absolute Gasteiger partial charge is 0.493 e. The molecule has 2 aromatic rings. The third-order valence-corrected chi connectivity index (χ3v) is 7.36. The van der Waals surface area contributed by atoms with Crippen LogP contribution in [0.2, 0.25) is 5.02 Å². The first-order valence-corrected chi connectivity index (χ1v) is 11.2. The van der Waals surface area contributed by atoms with Crippen molar-refractivity contribution in [3.05, 3.63) is 75.3 Å². The van der Waals surface area contributed by atoms with Crippen LogP contribution in [0.15, 0.2) is 49.1 Å². The Morgan fingerprint density at radius 2 is 2.18 bits per heavy atom. The zero-order valence-corrected chi connectivity index (χ0v) is 18.9. The number of carbonyl (C=O) groups excluding carboxylic acids is 1. The van der Waals surface area contributed by atoms with Gasteiger partial charge in [0.25, 0.3) is 11.9 Å². The highest BCUT2D eigenvalue weighted by Gasteiger charge is 2.73. The normalized spacial score (nSPS) is 27.8. The first kappa shape index (κ1) is 21.7. The molecule has 33 heavy (non-hydrogen) atoms. The fourth-order valence-electron chi connectivity index (χ4n) is 5.99. The molecule has 0 aliphatic carbocycles. The number of carbonyl (C=O) groups is 1. The monoisotopic (exact) mass is 469 g/mol. The standard InChI is InChI=1S/C24H24ClN3O5/c1-3-11-33-21-16(25)12-14(13-19(21)32-2)20-18-9-6-10-27(18)24(22(20)28(30)31)15-7-4-5-8-17(15)26-23(24)29/h3-5,7-8,12-13,18,20,22H,1,6,9-11H2,2H3,(H,26,29)/t18-,20+,22+,24+/m0/s1. The molecule has 3 heterocycles. The average Bonchev–Trinajstić information content (AvgIpc) is 3.45. The molecule has 3 aliphatic rings. The number of hydrogen-bond acceptors (Lipinski definition) is 6. The highest BCUT2D eigenvalue weighted by molar-refractivity contribution is 6.32. The lowest BCUT2D eigenvalue weighted by Crippen LogP contribution is -2.55. The van der Waals surface area contributed by atoms with Gasteiger partial charge in [-0.05, 0) is 36.6 Å². The first-order chi connectivity index (χ1) is 15.9. The van der Waals surface area contributed by atoms with Gasteiger partial charge in [0.2, 0.25) is 0 Å². The van der Waals surface area contributed by atoms with Crippen molar-refractivity contribution >= 4 is 23.2 Å². The number of hydrogen-bond donors (Lipinski definition) is 1. The van der Waals surface area contributed by atoms with E-state index >= 15 is 0 Å². The van der Waals surface area contributed by atoms with Crippen molar-refractivity contribution < 1.29 is 19.2 Å². The van der Waals surface area contributed by atoms with Gasteiger partial charge >= 0.3 is 0 Å². The Hall–Kier alpha value is -3.10. The summed E-state index contributed by atoms with van der Waals surface area (Å²) in [6.07, 6.45) is 3.20. The van der Waals surface area contributed by atoms with E-state index in [-0.39, 0.29) is 23.5 Å². The predicted octanol–water partition coefficient (Wildman–Crippen LogP) is 3.97. The lowest BCUT2D eigenvalue weighted by molar-refractivity contribution is -0.534. The molecule has 4 atom stereocenters. The molecule has 0 radical (unpaired) electrons. The molecule has 9 heteroatoms. The molecule has 3 aliphatic heterocycles. The molecular weight excluding hydrogens is 446 g/mol. The summed E-state index contributed by atoms with van der Waals surface area (Å²) in [5.74, 6) is -0.147. The van der Waals surface area contributed by atoms with E-state index in [2.05, 4.69) is 11.9 Å². The topological polar surface area (TPSA) is 93.9 Å². The summed E-state index contributed by atoms with van der Waals surface area (Å²) in [6, 6.07) is 9.34. The Morgan fingerprint density at radius 3 is 2.91 bits per heavy atom. The maximum Gasteiger partial charge on any atom is 0.256 e. The van der Waals surface area contributed by atoms with Crippen LogP contribution in [0.5, 0.6) is 11.5 Å². The second-order valence-electron chi connectivity index (χ2n) is 8.56. The van der Waals surface area contributed by atoms with Gasteiger partial charge in [-0.1, -0.05) is 42.5 Å². The molecule has 2 aromatic carbocycles. The molecule has 1 N–H and O–H groups in total. The molecule has 1 amide bonds. The second-order valence-corrected chi connectivity index (χ2v) is 8.97. The summed E-state index contributed by atoms with van der Waals surface area (Å²) in [4.78, 5) is 27.9. The molecule has 0 unspecified atom stereocenters. The number of nitro groups is 1. The minimum Gasteiger partial charge on any atom is -0.493 e. The summed E-state index contributed by atoms with van der Waals surface area (Å²) in [6.45, 7) is 4.50. The summed E-state index contributed by atoms with van der Waals surface area (Å²) in [7, 11) is 1.50. The average molecular weight is 470 g/mol. The molecule has 8 nitrogen and oxygen atoms in total. The molecule has 2 fully saturated rings. The number of benzene rings is 2. The van der Waals surface area contributed by atoms with E-state index in [0.29, 0.717) is 39.9 Å². The van der Waals surface area contributed by atoms with Crippen LogP contribution in [0.4, 0.5) is 5.69 Å². The fourth-order valence-corrected chi connectivity index (χ4v) is 6.26. The number of anilines is 1. The molecule has 1 spiro atoms. The predicted molar refractivity (Wildman–Crippen MR) is 124 cm³/mol. The van der Waals surface area contributed by atoms with E-state index < -0.39 is 17.5 Å². The Bertz CT molecular complexity index is 1150. The Morgan fingerprint density at radius 1 is 1.39 bits per heavy atom. The van der Waals surface area contributed by atoms with Crippen molar-refractivity contribution in [3.63, 3.8) is 0 Å². The lowest BCUT2D eigenvalue weighted by Gasteiger charge is -2.32. The Kier molecular flexibility index (Phi) is 5.29. The maximum absolute atomic E-state index is 13.5. The number of nitrogens with zero attached hydrogens (tertiary/aromatic N) is 2. The van der Waals surface area contributed by atoms with Gasteiger partial charge in [-0.2, -0.15) is 0 Å². The quantitative estimate of drug-likeness (QED) is 0.391. The summed E-state index contributed by atoms with van der Waals surface area (Å²) >= 11 is 6.56. The minimum atomic E-state index is -1.37. The summed E-state index contributed by atoms with van der Waals surface area (Å²) in [5, 5.41) is 15.9. The Labute approximate surface area is 196 Å². The van der Waals surface area contributed by atoms with Crippen LogP contribution in [-0.2, 0) is 10.3 Å². The van der Waals surface area contributed by atoms with Crippen LogP contribution in [-0.4, -0.2) is 48.1 Å². The van der Waals surface area contributed by atoms with Gasteiger partial charge in [0.1, 0.15) is 6.61 Å². The zero-order chi connectivity index (χ0) is 23.3. The number of amides is 1. The van der Waals surface area contributed by atoms with E-state index in [9.17, 15) is 14.9 Å². The summed E-state index contributed by atoms with van der Waals surface area (Å²) in [5.41, 5.74) is 0.582. The van der Waals surface area contributed by atoms with Crippen LogP contribution in [0.3, 0.4) is 0 Å². The highest BCUT2D eigenvalue weighted by Crippen LogP contribution is 2.58. The third-order valence-electron chi connectivity index (χ3n) is 7.08. The second kappa shape index (κ2) is 8.04. The van der Waals surface area contributed by atoms with E-state index in [1.54, 1.807) is 24.3 Å². The van der Waals surface area contributed by atoms with Crippen LogP contribution in [0.1, 0.15) is 29.9 Å². The van der Waals surface area contributed by atoms with Crippen LogP contribution < -0.4 is 14.8 Å². The van der Waals surface area contributed by atoms with Crippen LogP contribution in [0.25, 0.3) is 0 Å². The van der Waals surface area contributed by atoms with Crippen molar-refractivity contribution in [2.45, 2.75) is 36.4 Å². The van der Waals surface area contributed by atoms with Crippen molar-refractivity contribution in [3.8, 4) is 11.5 Å². The zero-order valence-electron chi connectivity index (χ0n) is 18.1. The van der Waals surface area contributed by atoms with Gasteiger partial charge in [-0.15, -0.1) is 0 Å². The lowest BCUT2D eigenvalue weighted by atomic mass is 9.77. The molecule has 0 bridgehead atoms. The number of fused-ring (bicyclic) bond motifs is 4. The highest BCUT2D eigenvalue weighted by atomic mass is 35.5. The van der Waals surface area contributed by atoms with E-state index in [1.165, 1.54) is 7.11 Å². The van der Waals surface area contributed by atoms with E-state index in [0.717, 1.165) is 12.8 Å². The smallest absolute Gasteiger partial charge is 0.256 e. The van der Waals surface area contributed by atoms with Gasteiger partial charge in [-0.3, -0.25) is 19.8 Å². The molecule has 5 rings (SSSR count). The number of para-hydroxylation sites is 1. The van der Waals surface area contributed by atoms with Gasteiger partial charge in [0.05, 0.1) is 18.1 Å². The molecule has 0 aromatic heterocycles. The fraction of sp³-hybridized carbons (Fsp3) is 0.375. The SMILES string of the molecule is C=CCOc1c(Cl)cc([C@@H]2[C@@H]3CCCN3[C@@]3(C(=O)Nc4ccccc43)[C@@H]2[N+](=O)[O-])cc1OC. The first-order valence-electron chi connectivity index (χ1n) is 10.9. The number of rotatable bonds is 6. The van der Waals surface area contributed by atoms with Gasteiger partial charge in [-0.25, -0.2) is 0 Å². The van der Waals surface area contributed by atoms with Crippen molar-refractivity contribution in [2.75, 3.05) is 25.6 Å². The van der Waals surface area contributed by atoms with Crippen LogP contribution >= 0.6 is 11.6 Å².